The van der Waals surface area contributed by atoms with Gasteiger partial charge in [0.25, 0.3) is 0 Å². The standard InChI is InChI=1S/C25H35N3O4/c1-18-8-6-7-9-20(18)25(10-12-32-13-11-25)17-28-24(26-2)27-16-19-14-21(29-3)23(31-5)22(15-19)30-4/h6-9,14-15H,10-13,16-17H2,1-5H3,(H2,26,27,28). The minimum atomic E-state index is 0.0216. The molecule has 2 aromatic carbocycles. The average molecular weight is 442 g/mol. The molecule has 3 rings (SSSR count). The number of aryl methyl sites for hydroxylation is 1. The summed E-state index contributed by atoms with van der Waals surface area (Å²) in [4.78, 5) is 4.43. The van der Waals surface area contributed by atoms with Crippen molar-refractivity contribution in [2.24, 2.45) is 4.99 Å². The van der Waals surface area contributed by atoms with Crippen LogP contribution < -0.4 is 24.8 Å². The number of guanidine groups is 1. The van der Waals surface area contributed by atoms with Crippen LogP contribution in [0, 0.1) is 6.92 Å². The summed E-state index contributed by atoms with van der Waals surface area (Å²) < 4.78 is 22.0. The zero-order chi connectivity index (χ0) is 23.0. The predicted octanol–water partition coefficient (Wildman–Crippen LogP) is 3.43. The van der Waals surface area contributed by atoms with Gasteiger partial charge < -0.3 is 29.6 Å². The van der Waals surface area contributed by atoms with Gasteiger partial charge in [-0.05, 0) is 48.6 Å². The van der Waals surface area contributed by atoms with Gasteiger partial charge in [0.15, 0.2) is 17.5 Å². The number of nitrogens with one attached hydrogen (secondary N) is 2. The zero-order valence-corrected chi connectivity index (χ0v) is 19.8. The first-order valence-corrected chi connectivity index (χ1v) is 10.9. The molecular formula is C25H35N3O4. The molecule has 1 fully saturated rings. The van der Waals surface area contributed by atoms with E-state index in [0.717, 1.165) is 44.1 Å². The Bertz CT molecular complexity index is 898. The second-order valence-corrected chi connectivity index (χ2v) is 8.02. The second kappa shape index (κ2) is 11.1. The van der Waals surface area contributed by atoms with Gasteiger partial charge in [-0.1, -0.05) is 24.3 Å². The lowest BCUT2D eigenvalue weighted by atomic mass is 9.72. The normalized spacial score (nSPS) is 15.7. The van der Waals surface area contributed by atoms with E-state index in [2.05, 4.69) is 46.8 Å². The van der Waals surface area contributed by atoms with Gasteiger partial charge in [-0.25, -0.2) is 0 Å². The maximum Gasteiger partial charge on any atom is 0.203 e. The van der Waals surface area contributed by atoms with Crippen LogP contribution in [-0.2, 0) is 16.7 Å². The Morgan fingerprint density at radius 3 is 2.22 bits per heavy atom. The molecule has 0 bridgehead atoms. The molecule has 0 spiro atoms. The summed E-state index contributed by atoms with van der Waals surface area (Å²) in [7, 11) is 6.63. The van der Waals surface area contributed by atoms with Crippen molar-refractivity contribution in [2.75, 3.05) is 48.1 Å². The summed E-state index contributed by atoms with van der Waals surface area (Å²) in [6.45, 7) is 5.08. The van der Waals surface area contributed by atoms with Gasteiger partial charge in [-0.15, -0.1) is 0 Å². The third kappa shape index (κ3) is 5.27. The van der Waals surface area contributed by atoms with Crippen molar-refractivity contribution in [1.29, 1.82) is 0 Å². The van der Waals surface area contributed by atoms with Crippen LogP contribution in [0.15, 0.2) is 41.4 Å². The van der Waals surface area contributed by atoms with E-state index in [1.807, 2.05) is 12.1 Å². The van der Waals surface area contributed by atoms with Crippen molar-refractivity contribution < 1.29 is 18.9 Å². The first-order chi connectivity index (χ1) is 15.6. The molecule has 0 radical (unpaired) electrons. The Morgan fingerprint density at radius 1 is 1.00 bits per heavy atom. The molecule has 174 valence electrons. The largest absolute Gasteiger partial charge is 0.493 e. The Morgan fingerprint density at radius 2 is 1.66 bits per heavy atom. The summed E-state index contributed by atoms with van der Waals surface area (Å²) in [5.74, 6) is 2.60. The maximum atomic E-state index is 5.68. The SMILES string of the molecule is CN=C(NCc1cc(OC)c(OC)c(OC)c1)NCC1(c2ccccc2C)CCOCC1. The van der Waals surface area contributed by atoms with Crippen molar-refractivity contribution in [3.8, 4) is 17.2 Å². The number of benzene rings is 2. The van der Waals surface area contributed by atoms with Crippen LogP contribution >= 0.6 is 0 Å². The number of rotatable bonds is 8. The van der Waals surface area contributed by atoms with Crippen LogP contribution in [0.5, 0.6) is 17.2 Å². The molecule has 1 aliphatic heterocycles. The van der Waals surface area contributed by atoms with Crippen LogP contribution in [0.2, 0.25) is 0 Å². The molecule has 1 aliphatic rings. The van der Waals surface area contributed by atoms with Gasteiger partial charge in [0.05, 0.1) is 21.3 Å². The Kier molecular flexibility index (Phi) is 8.22. The van der Waals surface area contributed by atoms with E-state index in [-0.39, 0.29) is 5.41 Å². The first kappa shape index (κ1) is 23.7. The quantitative estimate of drug-likeness (QED) is 0.483. The molecule has 1 heterocycles. The van der Waals surface area contributed by atoms with Gasteiger partial charge >= 0.3 is 0 Å². The van der Waals surface area contributed by atoms with Crippen LogP contribution in [-0.4, -0.2) is 54.1 Å². The summed E-state index contributed by atoms with van der Waals surface area (Å²) in [6.07, 6.45) is 1.96. The fourth-order valence-corrected chi connectivity index (χ4v) is 4.37. The number of aliphatic imine (C=N–C) groups is 1. The molecule has 0 aliphatic carbocycles. The lowest BCUT2D eigenvalue weighted by Gasteiger charge is -2.39. The smallest absolute Gasteiger partial charge is 0.203 e. The lowest BCUT2D eigenvalue weighted by Crippen LogP contribution is -2.48. The Balaban J connectivity index is 1.71. The highest BCUT2D eigenvalue weighted by atomic mass is 16.5. The van der Waals surface area contributed by atoms with E-state index >= 15 is 0 Å². The molecule has 32 heavy (non-hydrogen) atoms. The molecule has 7 nitrogen and oxygen atoms in total. The number of ether oxygens (including phenoxy) is 4. The zero-order valence-electron chi connectivity index (χ0n) is 19.8. The molecule has 2 N–H and O–H groups in total. The molecule has 0 amide bonds. The number of nitrogens with zero attached hydrogens (tertiary/aromatic N) is 1. The van der Waals surface area contributed by atoms with Gasteiger partial charge in [0.2, 0.25) is 5.75 Å². The molecule has 7 heteroatoms. The number of methoxy groups -OCH3 is 3. The van der Waals surface area contributed by atoms with Gasteiger partial charge in [-0.2, -0.15) is 0 Å². The number of hydrogen-bond acceptors (Lipinski definition) is 5. The summed E-state index contributed by atoms with van der Waals surface area (Å²) in [5.41, 5.74) is 3.72. The highest BCUT2D eigenvalue weighted by molar-refractivity contribution is 5.79. The summed E-state index contributed by atoms with van der Waals surface area (Å²) in [6, 6.07) is 12.5. The minimum absolute atomic E-state index is 0.0216. The fourth-order valence-electron chi connectivity index (χ4n) is 4.37. The fraction of sp³-hybridized carbons (Fsp3) is 0.480. The van der Waals surface area contributed by atoms with E-state index in [1.165, 1.54) is 11.1 Å². The summed E-state index contributed by atoms with van der Waals surface area (Å²) >= 11 is 0. The van der Waals surface area contributed by atoms with E-state index in [1.54, 1.807) is 28.4 Å². The maximum absolute atomic E-state index is 5.68. The van der Waals surface area contributed by atoms with Crippen molar-refractivity contribution >= 4 is 5.96 Å². The molecule has 1 saturated heterocycles. The average Bonchev–Trinajstić information content (AvgIpc) is 2.84. The van der Waals surface area contributed by atoms with E-state index in [4.69, 9.17) is 18.9 Å². The van der Waals surface area contributed by atoms with E-state index < -0.39 is 0 Å². The molecule has 2 aromatic rings. The van der Waals surface area contributed by atoms with Crippen molar-refractivity contribution in [1.82, 2.24) is 10.6 Å². The van der Waals surface area contributed by atoms with Crippen LogP contribution in [0.4, 0.5) is 0 Å². The van der Waals surface area contributed by atoms with Gasteiger partial charge in [-0.3, -0.25) is 4.99 Å². The topological polar surface area (TPSA) is 73.3 Å². The first-order valence-electron chi connectivity index (χ1n) is 10.9. The molecule has 0 saturated carbocycles. The van der Waals surface area contributed by atoms with Crippen LogP contribution in [0.3, 0.4) is 0 Å². The molecule has 0 atom stereocenters. The predicted molar refractivity (Wildman–Crippen MR) is 127 cm³/mol. The summed E-state index contributed by atoms with van der Waals surface area (Å²) in [5, 5.41) is 6.96. The lowest BCUT2D eigenvalue weighted by molar-refractivity contribution is 0.0512. The Labute approximate surface area is 191 Å². The van der Waals surface area contributed by atoms with Crippen LogP contribution in [0.25, 0.3) is 0 Å². The van der Waals surface area contributed by atoms with Crippen molar-refractivity contribution in [3.63, 3.8) is 0 Å². The molecule has 0 aromatic heterocycles. The second-order valence-electron chi connectivity index (χ2n) is 8.02. The highest BCUT2D eigenvalue weighted by Gasteiger charge is 2.35. The third-order valence-electron chi connectivity index (χ3n) is 6.17. The van der Waals surface area contributed by atoms with Crippen molar-refractivity contribution in [2.45, 2.75) is 31.7 Å². The Hall–Kier alpha value is -2.93. The number of hydrogen-bond donors (Lipinski definition) is 2. The van der Waals surface area contributed by atoms with Crippen molar-refractivity contribution in [3.05, 3.63) is 53.1 Å². The highest BCUT2D eigenvalue weighted by Crippen LogP contribution is 2.38. The molecular weight excluding hydrogens is 406 g/mol. The monoisotopic (exact) mass is 441 g/mol. The molecule has 0 unspecified atom stereocenters. The third-order valence-corrected chi connectivity index (χ3v) is 6.17. The minimum Gasteiger partial charge on any atom is -0.493 e. The van der Waals surface area contributed by atoms with Gasteiger partial charge in [0.1, 0.15) is 0 Å². The van der Waals surface area contributed by atoms with E-state index in [9.17, 15) is 0 Å². The van der Waals surface area contributed by atoms with Gasteiger partial charge in [0, 0.05) is 38.8 Å². The van der Waals surface area contributed by atoms with E-state index in [0.29, 0.717) is 23.8 Å². The van der Waals surface area contributed by atoms with Crippen LogP contribution in [0.1, 0.15) is 29.5 Å².